The molecule has 2 aromatic rings. The minimum atomic E-state index is -0.804. The van der Waals surface area contributed by atoms with Crippen molar-refractivity contribution in [3.05, 3.63) is 57.5 Å². The van der Waals surface area contributed by atoms with Gasteiger partial charge in [0.05, 0.1) is 36.8 Å². The van der Waals surface area contributed by atoms with E-state index < -0.39 is 17.7 Å². The minimum absolute atomic E-state index is 0.0481. The summed E-state index contributed by atoms with van der Waals surface area (Å²) in [6.07, 6.45) is 1.60. The maximum atomic E-state index is 13.3. The molecule has 2 aliphatic heterocycles. The second kappa shape index (κ2) is 8.49. The van der Waals surface area contributed by atoms with Gasteiger partial charge in [-0.25, -0.2) is 0 Å². The van der Waals surface area contributed by atoms with Crippen LogP contribution in [0.1, 0.15) is 34.1 Å². The molecular weight excluding hydrogens is 406 g/mol. The van der Waals surface area contributed by atoms with Crippen LogP contribution in [0.5, 0.6) is 11.5 Å². The summed E-state index contributed by atoms with van der Waals surface area (Å²) in [5, 5.41) is 12.5. The van der Waals surface area contributed by atoms with Gasteiger partial charge >= 0.3 is 0 Å². The van der Waals surface area contributed by atoms with Crippen LogP contribution in [0.15, 0.2) is 47.0 Å². The fourth-order valence-corrected chi connectivity index (χ4v) is 4.68. The van der Waals surface area contributed by atoms with E-state index in [0.29, 0.717) is 28.5 Å². The normalized spacial score (nSPS) is 21.4. The van der Waals surface area contributed by atoms with Crippen molar-refractivity contribution in [2.75, 3.05) is 27.4 Å². The van der Waals surface area contributed by atoms with Gasteiger partial charge in [-0.15, -0.1) is 11.3 Å². The summed E-state index contributed by atoms with van der Waals surface area (Å²) in [5.74, 6) is -0.427. The van der Waals surface area contributed by atoms with Crippen LogP contribution in [0.25, 0.3) is 0 Å². The number of carbonyl (C=O) groups excluding carboxylic acids is 2. The fraction of sp³-hybridized carbons (Fsp3) is 0.364. The van der Waals surface area contributed by atoms with E-state index in [-0.39, 0.29) is 24.0 Å². The Bertz CT molecular complexity index is 978. The standard InChI is InChI=1S/C22H23NO6S/c1-27-13-7-8-16(28-2)15(11-13)19-18(20(24)17-6-4-10-30-17)21(25)22(26)23(19)12-14-5-3-9-29-14/h4,6-8,10-11,14,19,25H,3,5,9,12H2,1-2H3. The van der Waals surface area contributed by atoms with Crippen LogP contribution in [-0.2, 0) is 9.53 Å². The molecule has 1 fully saturated rings. The van der Waals surface area contributed by atoms with Crippen LogP contribution in [0.2, 0.25) is 0 Å². The van der Waals surface area contributed by atoms with Gasteiger partial charge in [0.25, 0.3) is 5.91 Å². The number of ketones is 1. The fourth-order valence-electron chi connectivity index (χ4n) is 4.00. The lowest BCUT2D eigenvalue weighted by Crippen LogP contribution is -2.37. The van der Waals surface area contributed by atoms with E-state index in [0.717, 1.165) is 12.8 Å². The lowest BCUT2D eigenvalue weighted by atomic mass is 9.94. The van der Waals surface area contributed by atoms with Gasteiger partial charge in [-0.3, -0.25) is 9.59 Å². The van der Waals surface area contributed by atoms with E-state index in [1.165, 1.54) is 23.3 Å². The number of rotatable bonds is 7. The van der Waals surface area contributed by atoms with E-state index in [1.807, 2.05) is 0 Å². The molecule has 2 unspecified atom stereocenters. The zero-order valence-corrected chi connectivity index (χ0v) is 17.6. The lowest BCUT2D eigenvalue weighted by Gasteiger charge is -2.30. The summed E-state index contributed by atoms with van der Waals surface area (Å²) < 4.78 is 16.6. The van der Waals surface area contributed by atoms with E-state index in [1.54, 1.807) is 42.8 Å². The number of hydrogen-bond acceptors (Lipinski definition) is 7. The number of nitrogens with zero attached hydrogens (tertiary/aromatic N) is 1. The van der Waals surface area contributed by atoms with Crippen molar-refractivity contribution in [1.29, 1.82) is 0 Å². The Labute approximate surface area is 178 Å². The van der Waals surface area contributed by atoms with Crippen LogP contribution in [-0.4, -0.2) is 55.2 Å². The molecule has 8 heteroatoms. The van der Waals surface area contributed by atoms with E-state index >= 15 is 0 Å². The Kier molecular flexibility index (Phi) is 5.78. The Morgan fingerprint density at radius 3 is 2.77 bits per heavy atom. The van der Waals surface area contributed by atoms with E-state index in [9.17, 15) is 14.7 Å². The summed E-state index contributed by atoms with van der Waals surface area (Å²) in [5.41, 5.74) is 0.624. The molecule has 30 heavy (non-hydrogen) atoms. The summed E-state index contributed by atoms with van der Waals surface area (Å²) in [4.78, 5) is 28.3. The number of thiophene rings is 1. The average Bonchev–Trinajstić information content (AvgIpc) is 3.52. The van der Waals surface area contributed by atoms with Crippen molar-refractivity contribution >= 4 is 23.0 Å². The highest BCUT2D eigenvalue weighted by molar-refractivity contribution is 7.12. The number of carbonyl (C=O) groups is 2. The molecule has 1 amide bonds. The van der Waals surface area contributed by atoms with Crippen LogP contribution in [0, 0.1) is 0 Å². The Morgan fingerprint density at radius 2 is 2.13 bits per heavy atom. The Hall–Kier alpha value is -2.84. The molecule has 2 atom stereocenters. The van der Waals surface area contributed by atoms with Crippen LogP contribution >= 0.6 is 11.3 Å². The maximum absolute atomic E-state index is 13.3. The van der Waals surface area contributed by atoms with Crippen molar-refractivity contribution in [2.45, 2.75) is 25.0 Å². The smallest absolute Gasteiger partial charge is 0.290 e. The van der Waals surface area contributed by atoms with Gasteiger partial charge in [0.2, 0.25) is 5.78 Å². The second-order valence-corrected chi connectivity index (χ2v) is 8.12. The first-order chi connectivity index (χ1) is 14.5. The Morgan fingerprint density at radius 1 is 1.30 bits per heavy atom. The molecule has 158 valence electrons. The number of benzene rings is 1. The first-order valence-electron chi connectivity index (χ1n) is 9.71. The number of methoxy groups -OCH3 is 2. The third-order valence-corrected chi connectivity index (χ3v) is 6.32. The molecule has 1 aromatic heterocycles. The van der Waals surface area contributed by atoms with Gasteiger partial charge in [-0.2, -0.15) is 0 Å². The Balaban J connectivity index is 1.83. The van der Waals surface area contributed by atoms with Crippen LogP contribution in [0.4, 0.5) is 0 Å². The van der Waals surface area contributed by atoms with Crippen molar-refractivity contribution in [1.82, 2.24) is 4.90 Å². The zero-order valence-electron chi connectivity index (χ0n) is 16.8. The number of hydrogen-bond donors (Lipinski definition) is 1. The second-order valence-electron chi connectivity index (χ2n) is 7.17. The van der Waals surface area contributed by atoms with Crippen molar-refractivity contribution in [3.8, 4) is 11.5 Å². The van der Waals surface area contributed by atoms with E-state index in [2.05, 4.69) is 0 Å². The van der Waals surface area contributed by atoms with Gasteiger partial charge in [-0.05, 0) is 42.5 Å². The molecule has 4 rings (SSSR count). The monoisotopic (exact) mass is 429 g/mol. The summed E-state index contributed by atoms with van der Waals surface area (Å²) in [6, 6.07) is 7.85. The molecular formula is C22H23NO6S. The number of aliphatic hydroxyl groups is 1. The molecule has 0 radical (unpaired) electrons. The van der Waals surface area contributed by atoms with E-state index in [4.69, 9.17) is 14.2 Å². The topological polar surface area (TPSA) is 85.3 Å². The summed E-state index contributed by atoms with van der Waals surface area (Å²) >= 11 is 1.26. The minimum Gasteiger partial charge on any atom is -0.503 e. The molecule has 2 aliphatic rings. The zero-order chi connectivity index (χ0) is 21.3. The highest BCUT2D eigenvalue weighted by Gasteiger charge is 2.46. The van der Waals surface area contributed by atoms with Gasteiger partial charge in [0.15, 0.2) is 5.76 Å². The van der Waals surface area contributed by atoms with Gasteiger partial charge in [-0.1, -0.05) is 6.07 Å². The average molecular weight is 429 g/mol. The molecule has 0 aliphatic carbocycles. The third-order valence-electron chi connectivity index (χ3n) is 5.45. The van der Waals surface area contributed by atoms with Crippen molar-refractivity contribution < 1.29 is 28.9 Å². The van der Waals surface area contributed by atoms with Crippen LogP contribution < -0.4 is 9.47 Å². The maximum Gasteiger partial charge on any atom is 0.290 e. The molecule has 0 bridgehead atoms. The highest BCUT2D eigenvalue weighted by Crippen LogP contribution is 2.44. The molecule has 1 N–H and O–H groups in total. The molecule has 3 heterocycles. The summed E-state index contributed by atoms with van der Waals surface area (Å²) in [6.45, 7) is 0.912. The number of amides is 1. The predicted molar refractivity (Wildman–Crippen MR) is 111 cm³/mol. The number of aliphatic hydroxyl groups excluding tert-OH is 1. The predicted octanol–water partition coefficient (Wildman–Crippen LogP) is 3.52. The first-order valence-corrected chi connectivity index (χ1v) is 10.6. The molecule has 7 nitrogen and oxygen atoms in total. The van der Waals surface area contributed by atoms with Crippen molar-refractivity contribution in [2.24, 2.45) is 0 Å². The molecule has 0 saturated carbocycles. The molecule has 1 saturated heterocycles. The molecule has 0 spiro atoms. The largest absolute Gasteiger partial charge is 0.503 e. The number of Topliss-reactive ketones (excluding diaryl/α,β-unsaturated/α-hetero) is 1. The summed E-state index contributed by atoms with van der Waals surface area (Å²) in [7, 11) is 3.07. The van der Waals surface area contributed by atoms with Gasteiger partial charge in [0, 0.05) is 18.7 Å². The number of ether oxygens (including phenoxy) is 3. The van der Waals surface area contributed by atoms with Crippen LogP contribution in [0.3, 0.4) is 0 Å². The SMILES string of the molecule is COc1ccc(OC)c(C2C(C(=O)c3cccs3)=C(O)C(=O)N2CC2CCCO2)c1. The van der Waals surface area contributed by atoms with Gasteiger partial charge < -0.3 is 24.2 Å². The first kappa shape index (κ1) is 20.4. The van der Waals surface area contributed by atoms with Gasteiger partial charge in [0.1, 0.15) is 11.5 Å². The lowest BCUT2D eigenvalue weighted by molar-refractivity contribution is -0.131. The molecule has 1 aromatic carbocycles. The third kappa shape index (κ3) is 3.57. The van der Waals surface area contributed by atoms with Crippen molar-refractivity contribution in [3.63, 3.8) is 0 Å². The quantitative estimate of drug-likeness (QED) is 0.678. The highest BCUT2D eigenvalue weighted by atomic mass is 32.1.